The molecule has 3 aliphatic rings. The van der Waals surface area contributed by atoms with E-state index in [9.17, 15) is 0 Å². The molecule has 2 saturated carbocycles. The Balaban J connectivity index is 1.79. The molecule has 0 bridgehead atoms. The van der Waals surface area contributed by atoms with Crippen molar-refractivity contribution in [2.24, 2.45) is 11.8 Å². The molecule has 94 valence electrons. The monoisotopic (exact) mass is 246 g/mol. The molecular formula is C16H26Si. The van der Waals surface area contributed by atoms with Crippen LogP contribution in [0, 0.1) is 11.8 Å². The Hall–Kier alpha value is -0.303. The van der Waals surface area contributed by atoms with Crippen LogP contribution in [0.2, 0.25) is 24.2 Å². The maximum atomic E-state index is 2.70. The number of hydrogen-bond acceptors (Lipinski definition) is 0. The topological polar surface area (TPSA) is 0 Å². The molecule has 1 heteroatoms. The highest BCUT2D eigenvalue weighted by Crippen LogP contribution is 2.55. The van der Waals surface area contributed by atoms with E-state index in [1.165, 1.54) is 25.7 Å². The van der Waals surface area contributed by atoms with Crippen molar-refractivity contribution in [1.82, 2.24) is 0 Å². The highest BCUT2D eigenvalue weighted by molar-refractivity contribution is 6.80. The quantitative estimate of drug-likeness (QED) is 0.590. The van der Waals surface area contributed by atoms with Crippen LogP contribution in [0.3, 0.4) is 0 Å². The second kappa shape index (κ2) is 4.42. The van der Waals surface area contributed by atoms with E-state index >= 15 is 0 Å². The molecule has 0 nitrogen and oxygen atoms in total. The van der Waals surface area contributed by atoms with Gasteiger partial charge in [-0.3, -0.25) is 0 Å². The van der Waals surface area contributed by atoms with Gasteiger partial charge in [0.1, 0.15) is 0 Å². The lowest BCUT2D eigenvalue weighted by atomic mass is 9.92. The van der Waals surface area contributed by atoms with Crippen molar-refractivity contribution in [2.75, 3.05) is 0 Å². The molecule has 0 amide bonds. The number of fused-ring (bicyclic) bond motifs is 1. The number of rotatable bonds is 2. The van der Waals surface area contributed by atoms with Crippen molar-refractivity contribution in [3.8, 4) is 0 Å². The third kappa shape index (κ3) is 1.97. The first kappa shape index (κ1) is 11.8. The summed E-state index contributed by atoms with van der Waals surface area (Å²) in [5.74, 6) is 1.79. The average molecular weight is 246 g/mol. The van der Waals surface area contributed by atoms with Gasteiger partial charge in [-0.15, -0.1) is 0 Å². The van der Waals surface area contributed by atoms with E-state index in [4.69, 9.17) is 0 Å². The summed E-state index contributed by atoms with van der Waals surface area (Å²) in [7, 11) is -1.03. The maximum Gasteiger partial charge on any atom is 0.0542 e. The van der Waals surface area contributed by atoms with Gasteiger partial charge in [0, 0.05) is 0 Å². The Morgan fingerprint density at radius 2 is 1.59 bits per heavy atom. The van der Waals surface area contributed by atoms with E-state index in [-0.39, 0.29) is 0 Å². The van der Waals surface area contributed by atoms with Gasteiger partial charge >= 0.3 is 0 Å². The van der Waals surface area contributed by atoms with E-state index in [0.717, 1.165) is 22.9 Å². The first-order chi connectivity index (χ1) is 8.19. The van der Waals surface area contributed by atoms with Gasteiger partial charge in [-0.25, -0.2) is 0 Å². The number of hydrogen-bond donors (Lipinski definition) is 0. The normalized spacial score (nSPS) is 37.6. The SMILES string of the molecule is C[Si](C)(C1CCCC1)C1CCC2C=CC=CC21. The smallest absolute Gasteiger partial charge is 0.0542 e. The van der Waals surface area contributed by atoms with Crippen LogP contribution in [0.15, 0.2) is 24.3 Å². The van der Waals surface area contributed by atoms with Gasteiger partial charge in [0.2, 0.25) is 0 Å². The average Bonchev–Trinajstić information content (AvgIpc) is 2.99. The van der Waals surface area contributed by atoms with E-state index in [1.54, 1.807) is 12.8 Å². The van der Waals surface area contributed by atoms with Crippen molar-refractivity contribution in [3.05, 3.63) is 24.3 Å². The zero-order valence-electron chi connectivity index (χ0n) is 11.4. The van der Waals surface area contributed by atoms with Gasteiger partial charge in [0.05, 0.1) is 8.07 Å². The summed E-state index contributed by atoms with van der Waals surface area (Å²) < 4.78 is 0. The molecule has 0 aromatic carbocycles. The van der Waals surface area contributed by atoms with E-state index in [2.05, 4.69) is 37.4 Å². The molecule has 3 rings (SSSR count). The van der Waals surface area contributed by atoms with Crippen LogP contribution in [-0.2, 0) is 0 Å². The molecular weight excluding hydrogens is 220 g/mol. The van der Waals surface area contributed by atoms with E-state index in [1.807, 2.05) is 0 Å². The molecule has 3 aliphatic carbocycles. The second-order valence-corrected chi connectivity index (χ2v) is 12.2. The maximum absolute atomic E-state index is 2.70. The zero-order valence-corrected chi connectivity index (χ0v) is 12.4. The Kier molecular flexibility index (Phi) is 3.06. The molecule has 2 fully saturated rings. The third-order valence-electron chi connectivity index (χ3n) is 5.94. The zero-order chi connectivity index (χ0) is 11.9. The highest BCUT2D eigenvalue weighted by atomic mass is 28.3. The van der Waals surface area contributed by atoms with Gasteiger partial charge in [0.25, 0.3) is 0 Å². The molecule has 0 radical (unpaired) electrons. The van der Waals surface area contributed by atoms with Crippen LogP contribution in [0.1, 0.15) is 38.5 Å². The third-order valence-corrected chi connectivity index (χ3v) is 11.2. The lowest BCUT2D eigenvalue weighted by Crippen LogP contribution is -2.39. The van der Waals surface area contributed by atoms with E-state index < -0.39 is 8.07 Å². The molecule has 0 spiro atoms. The van der Waals surface area contributed by atoms with Crippen molar-refractivity contribution in [1.29, 1.82) is 0 Å². The van der Waals surface area contributed by atoms with Crippen LogP contribution in [0.25, 0.3) is 0 Å². The second-order valence-electron chi connectivity index (χ2n) is 7.00. The van der Waals surface area contributed by atoms with Gasteiger partial charge < -0.3 is 0 Å². The largest absolute Gasteiger partial charge is 0.0808 e. The molecule has 0 saturated heterocycles. The summed E-state index contributed by atoms with van der Waals surface area (Å²) >= 11 is 0. The first-order valence-corrected chi connectivity index (χ1v) is 10.7. The van der Waals surface area contributed by atoms with Crippen molar-refractivity contribution in [3.63, 3.8) is 0 Å². The lowest BCUT2D eigenvalue weighted by Gasteiger charge is -2.39. The van der Waals surface area contributed by atoms with Crippen LogP contribution in [0.4, 0.5) is 0 Å². The van der Waals surface area contributed by atoms with E-state index in [0.29, 0.717) is 0 Å². The minimum Gasteiger partial charge on any atom is -0.0808 e. The number of allylic oxidation sites excluding steroid dienone is 4. The minimum atomic E-state index is -1.03. The summed E-state index contributed by atoms with van der Waals surface area (Å²) in [6, 6.07) is 0. The molecule has 3 unspecified atom stereocenters. The summed E-state index contributed by atoms with van der Waals surface area (Å²) in [5, 5.41) is 0. The summed E-state index contributed by atoms with van der Waals surface area (Å²) in [6.45, 7) is 5.39. The Bertz CT molecular complexity index is 333. The predicted octanol–water partition coefficient (Wildman–Crippen LogP) is 5.16. The fourth-order valence-corrected chi connectivity index (χ4v) is 9.56. The Morgan fingerprint density at radius 1 is 0.882 bits per heavy atom. The minimum absolute atomic E-state index is 0.887. The Morgan fingerprint density at radius 3 is 2.35 bits per heavy atom. The van der Waals surface area contributed by atoms with Crippen molar-refractivity contribution >= 4 is 8.07 Å². The predicted molar refractivity (Wildman–Crippen MR) is 77.9 cm³/mol. The van der Waals surface area contributed by atoms with Gasteiger partial charge in [-0.2, -0.15) is 0 Å². The molecule has 0 heterocycles. The first-order valence-electron chi connectivity index (χ1n) is 7.54. The van der Waals surface area contributed by atoms with Gasteiger partial charge in [0.15, 0.2) is 0 Å². The fourth-order valence-electron chi connectivity index (χ4n) is 4.80. The van der Waals surface area contributed by atoms with Crippen LogP contribution in [-0.4, -0.2) is 8.07 Å². The molecule has 0 aliphatic heterocycles. The summed E-state index contributed by atoms with van der Waals surface area (Å²) in [5.41, 5.74) is 2.20. The van der Waals surface area contributed by atoms with Crippen LogP contribution < -0.4 is 0 Å². The standard InChI is InChI=1S/C16H26Si/c1-17(2,14-8-4-5-9-14)16-12-11-13-7-3-6-10-15(13)16/h3,6-7,10,13-16H,4-5,8-9,11-12H2,1-2H3. The fraction of sp³-hybridized carbons (Fsp3) is 0.750. The van der Waals surface area contributed by atoms with Crippen molar-refractivity contribution < 1.29 is 0 Å². The van der Waals surface area contributed by atoms with Crippen LogP contribution >= 0.6 is 0 Å². The van der Waals surface area contributed by atoms with Gasteiger partial charge in [-0.1, -0.05) is 69.5 Å². The molecule has 3 atom stereocenters. The Labute approximate surface area is 107 Å². The molecule has 0 N–H and O–H groups in total. The highest BCUT2D eigenvalue weighted by Gasteiger charge is 2.47. The van der Waals surface area contributed by atoms with Gasteiger partial charge in [-0.05, 0) is 29.3 Å². The molecule has 17 heavy (non-hydrogen) atoms. The summed E-state index contributed by atoms with van der Waals surface area (Å²) in [4.78, 5) is 0. The molecule has 0 aromatic heterocycles. The molecule has 0 aromatic rings. The summed E-state index contributed by atoms with van der Waals surface area (Å²) in [6.07, 6.45) is 18.7. The van der Waals surface area contributed by atoms with Crippen molar-refractivity contribution in [2.45, 2.75) is 62.7 Å². The van der Waals surface area contributed by atoms with Crippen LogP contribution in [0.5, 0.6) is 0 Å². The lowest BCUT2D eigenvalue weighted by molar-refractivity contribution is 0.539.